The van der Waals surface area contributed by atoms with Crippen LogP contribution in [0.3, 0.4) is 0 Å². The number of halogens is 2. The van der Waals surface area contributed by atoms with E-state index in [9.17, 15) is 18.7 Å². The average molecular weight is 390 g/mol. The first-order valence-corrected chi connectivity index (χ1v) is 8.90. The second-order valence-electron chi connectivity index (χ2n) is 7.10. The number of benzene rings is 1. The van der Waals surface area contributed by atoms with Crippen LogP contribution >= 0.6 is 0 Å². The molecule has 0 fully saturated rings. The van der Waals surface area contributed by atoms with E-state index < -0.39 is 17.4 Å². The highest BCUT2D eigenvalue weighted by Gasteiger charge is 2.22. The van der Waals surface area contributed by atoms with Crippen molar-refractivity contribution in [2.24, 2.45) is 13.0 Å². The summed E-state index contributed by atoms with van der Waals surface area (Å²) in [7, 11) is 1.64. The Morgan fingerprint density at radius 2 is 1.93 bits per heavy atom. The highest BCUT2D eigenvalue weighted by atomic mass is 19.1. The van der Waals surface area contributed by atoms with Crippen LogP contribution in [0.2, 0.25) is 0 Å². The van der Waals surface area contributed by atoms with Crippen molar-refractivity contribution >= 4 is 22.8 Å². The molecule has 0 aliphatic rings. The number of aromatic hydroxyl groups is 1. The molecule has 3 rings (SSSR count). The number of aryl methyl sites for hydroxylation is 2. The molecule has 28 heavy (non-hydrogen) atoms. The first-order valence-electron chi connectivity index (χ1n) is 8.90. The number of rotatable bonds is 5. The number of nitrogens with zero attached hydrogens (tertiary/aromatic N) is 4. The Balaban J connectivity index is 2.10. The molecule has 9 heteroatoms. The number of hydrogen-bond donors (Lipinski definition) is 2. The standard InChI is InChI=1S/C19H21F2N5O2/c1-10(2)5-6-26-11(3)18(28)25(4)15-9-22-19(24-17(15)26)23-12-7-13(20)16(27)14(21)8-12/h7-10,28H,5-6H2,1-4H3/p+1. The summed E-state index contributed by atoms with van der Waals surface area (Å²) < 4.78 is 30.5. The third-order valence-corrected chi connectivity index (χ3v) is 4.59. The first kappa shape index (κ1) is 19.7. The van der Waals surface area contributed by atoms with E-state index >= 15 is 0 Å². The Bertz CT molecular complexity index is 1090. The number of nitrogens with one attached hydrogen (secondary N) is 1. The van der Waals surface area contributed by atoms with E-state index in [-0.39, 0.29) is 17.2 Å². The van der Waals surface area contributed by atoms with Crippen molar-refractivity contribution in [1.29, 1.82) is 0 Å². The van der Waals surface area contributed by atoms with Crippen LogP contribution in [0, 0.1) is 24.5 Å². The van der Waals surface area contributed by atoms with E-state index in [1.807, 2.05) is 4.57 Å². The van der Waals surface area contributed by atoms with Gasteiger partial charge in [0.05, 0.1) is 12.7 Å². The van der Waals surface area contributed by atoms with Gasteiger partial charge in [-0.05, 0) is 12.3 Å². The van der Waals surface area contributed by atoms with Gasteiger partial charge in [-0.15, -0.1) is 0 Å². The summed E-state index contributed by atoms with van der Waals surface area (Å²) >= 11 is 0. The zero-order valence-corrected chi connectivity index (χ0v) is 16.1. The summed E-state index contributed by atoms with van der Waals surface area (Å²) in [5.41, 5.74) is 1.55. The van der Waals surface area contributed by atoms with Crippen molar-refractivity contribution in [3.63, 3.8) is 0 Å². The third-order valence-electron chi connectivity index (χ3n) is 4.59. The topological polar surface area (TPSA) is 83.9 Å². The predicted molar refractivity (Wildman–Crippen MR) is 100 cm³/mol. The van der Waals surface area contributed by atoms with Crippen molar-refractivity contribution in [3.05, 3.63) is 46.0 Å². The Kier molecular flexibility index (Phi) is 5.26. The van der Waals surface area contributed by atoms with Crippen LogP contribution in [-0.2, 0) is 13.6 Å². The van der Waals surface area contributed by atoms with E-state index in [2.05, 4.69) is 29.1 Å². The number of hydrogen-bond acceptors (Lipinski definition) is 5. The summed E-state index contributed by atoms with van der Waals surface area (Å²) in [6.45, 7) is 6.53. The number of phenolic OH excluding ortho intramolecular Hbond substituents is 1. The molecule has 0 saturated heterocycles. The maximum absolute atomic E-state index is 13.6. The molecular formula is C19H22F2N5O2+. The molecule has 0 spiro atoms. The third kappa shape index (κ3) is 3.64. The normalized spacial score (nSPS) is 11.4. The van der Waals surface area contributed by atoms with Crippen molar-refractivity contribution in [2.45, 2.75) is 33.7 Å². The van der Waals surface area contributed by atoms with Crippen LogP contribution in [0.1, 0.15) is 26.0 Å². The van der Waals surface area contributed by atoms with Gasteiger partial charge >= 0.3 is 11.6 Å². The number of aromatic nitrogens is 4. The molecular weight excluding hydrogens is 368 g/mol. The maximum Gasteiger partial charge on any atom is 0.353 e. The largest absolute Gasteiger partial charge is 0.503 e. The molecule has 1 aromatic carbocycles. The van der Waals surface area contributed by atoms with Crippen LogP contribution < -0.4 is 15.4 Å². The summed E-state index contributed by atoms with van der Waals surface area (Å²) in [6, 6.07) is 1.90. The quantitative estimate of drug-likeness (QED) is 0.517. The predicted octanol–water partition coefficient (Wildman–Crippen LogP) is 2.70. The highest BCUT2D eigenvalue weighted by Crippen LogP contribution is 2.25. The van der Waals surface area contributed by atoms with E-state index in [0.29, 0.717) is 29.3 Å². The Labute approximate surface area is 160 Å². The Morgan fingerprint density at radius 1 is 1.29 bits per heavy atom. The lowest BCUT2D eigenvalue weighted by atomic mass is 10.1. The fourth-order valence-corrected chi connectivity index (χ4v) is 2.92. The van der Waals surface area contributed by atoms with Crippen LogP contribution in [0.4, 0.5) is 20.4 Å². The van der Waals surface area contributed by atoms with Crippen LogP contribution in [-0.4, -0.2) is 19.6 Å². The van der Waals surface area contributed by atoms with Gasteiger partial charge in [-0.1, -0.05) is 13.8 Å². The Morgan fingerprint density at radius 3 is 2.54 bits per heavy atom. The van der Waals surface area contributed by atoms with Gasteiger partial charge in [0, 0.05) is 36.8 Å². The highest BCUT2D eigenvalue weighted by molar-refractivity contribution is 5.68. The summed E-state index contributed by atoms with van der Waals surface area (Å²) in [4.78, 5) is 21.1. The molecule has 2 heterocycles. The van der Waals surface area contributed by atoms with Crippen LogP contribution in [0.15, 0.2) is 23.1 Å². The molecule has 0 bridgehead atoms. The fourth-order valence-electron chi connectivity index (χ4n) is 2.92. The van der Waals surface area contributed by atoms with Crippen LogP contribution in [0.25, 0.3) is 11.2 Å². The molecule has 0 unspecified atom stereocenters. The van der Waals surface area contributed by atoms with Crippen molar-refractivity contribution in [3.8, 4) is 5.75 Å². The lowest BCUT2D eigenvalue weighted by molar-refractivity contribution is -0.681. The van der Waals surface area contributed by atoms with Gasteiger partial charge in [-0.3, -0.25) is 4.79 Å². The molecule has 0 amide bonds. The zero-order chi connectivity index (χ0) is 20.6. The molecule has 2 aromatic heterocycles. The van der Waals surface area contributed by atoms with Gasteiger partial charge in [0.25, 0.3) is 5.56 Å². The van der Waals surface area contributed by atoms with Gasteiger partial charge < -0.3 is 15.0 Å². The molecule has 0 aliphatic carbocycles. The van der Waals surface area contributed by atoms with Crippen molar-refractivity contribution in [2.75, 3.05) is 5.32 Å². The zero-order valence-electron chi connectivity index (χ0n) is 16.1. The lowest BCUT2D eigenvalue weighted by Crippen LogP contribution is -2.46. The number of anilines is 2. The van der Waals surface area contributed by atoms with Gasteiger partial charge in [0.15, 0.2) is 28.6 Å². The van der Waals surface area contributed by atoms with Gasteiger partial charge in [0.2, 0.25) is 0 Å². The van der Waals surface area contributed by atoms with Gasteiger partial charge in [-0.25, -0.2) is 13.3 Å². The summed E-state index contributed by atoms with van der Waals surface area (Å²) in [6.07, 6.45) is 2.35. The second-order valence-corrected chi connectivity index (χ2v) is 7.10. The smallest absolute Gasteiger partial charge is 0.353 e. The van der Waals surface area contributed by atoms with Crippen molar-refractivity contribution < 1.29 is 18.5 Å². The molecule has 7 nitrogen and oxygen atoms in total. The second kappa shape index (κ2) is 7.49. The minimum absolute atomic E-state index is 0.0578. The molecule has 3 aromatic rings. The van der Waals surface area contributed by atoms with Gasteiger partial charge in [0.1, 0.15) is 0 Å². The van der Waals surface area contributed by atoms with Gasteiger partial charge in [-0.2, -0.15) is 4.98 Å². The number of phenols is 1. The molecule has 2 N–H and O–H groups in total. The van der Waals surface area contributed by atoms with Crippen molar-refractivity contribution in [1.82, 2.24) is 14.5 Å². The van der Waals surface area contributed by atoms with Crippen LogP contribution in [0.5, 0.6) is 5.75 Å². The first-order chi connectivity index (χ1) is 13.2. The monoisotopic (exact) mass is 390 g/mol. The molecule has 0 radical (unpaired) electrons. The lowest BCUT2D eigenvalue weighted by Gasteiger charge is -2.11. The maximum atomic E-state index is 13.6. The van der Waals surface area contributed by atoms with E-state index in [4.69, 9.17) is 0 Å². The number of fused-ring (bicyclic) bond motifs is 1. The van der Waals surface area contributed by atoms with E-state index in [1.165, 1.54) is 10.8 Å². The molecule has 148 valence electrons. The molecule has 0 aliphatic heterocycles. The van der Waals surface area contributed by atoms with E-state index in [0.717, 1.165) is 18.6 Å². The Hall–Kier alpha value is -3.10. The summed E-state index contributed by atoms with van der Waals surface area (Å²) in [5, 5.41) is 12.0. The minimum atomic E-state index is -1.09. The molecule has 0 saturated carbocycles. The van der Waals surface area contributed by atoms with E-state index in [1.54, 1.807) is 14.0 Å². The average Bonchev–Trinajstić information content (AvgIpc) is 2.64. The minimum Gasteiger partial charge on any atom is -0.503 e. The molecule has 0 atom stereocenters. The fraction of sp³-hybridized carbons (Fsp3) is 0.368. The summed E-state index contributed by atoms with van der Waals surface area (Å²) in [5.74, 6) is -2.66. The SMILES string of the molecule is Cc1c(=O)n(C)c2cnc(Nc3cc(F)c(O)c(F)c3)nc2[n+]1CCC(C)C.